The van der Waals surface area contributed by atoms with Crippen LogP contribution in [0, 0.1) is 0 Å². The maximum atomic E-state index is 11.5. The summed E-state index contributed by atoms with van der Waals surface area (Å²) in [5, 5.41) is 12.5. The van der Waals surface area contributed by atoms with Crippen molar-refractivity contribution in [3.05, 3.63) is 65.5 Å². The first-order valence-corrected chi connectivity index (χ1v) is 7.33. The zero-order valence-electron chi connectivity index (χ0n) is 13.2. The average molecular weight is 298 g/mol. The fourth-order valence-electron chi connectivity index (χ4n) is 2.25. The van der Waals surface area contributed by atoms with Crippen LogP contribution >= 0.6 is 0 Å². The van der Waals surface area contributed by atoms with Crippen LogP contribution in [0.5, 0.6) is 0 Å². The van der Waals surface area contributed by atoms with Gasteiger partial charge < -0.3 is 5.11 Å². The normalized spacial score (nSPS) is 12.9. The second-order valence-corrected chi connectivity index (χ2v) is 6.39. The summed E-state index contributed by atoms with van der Waals surface area (Å²) in [5.74, 6) is -0.882. The molecule has 22 heavy (non-hydrogen) atoms. The number of aromatic nitrogens is 1. The van der Waals surface area contributed by atoms with Crippen LogP contribution in [0.2, 0.25) is 0 Å². The van der Waals surface area contributed by atoms with E-state index in [1.807, 2.05) is 36.4 Å². The van der Waals surface area contributed by atoms with Crippen LogP contribution in [0.15, 0.2) is 48.8 Å². The van der Waals surface area contributed by atoms with Crippen molar-refractivity contribution >= 4 is 5.97 Å². The third-order valence-corrected chi connectivity index (χ3v) is 3.59. The van der Waals surface area contributed by atoms with E-state index in [0.717, 1.165) is 11.1 Å². The van der Waals surface area contributed by atoms with Crippen molar-refractivity contribution in [2.45, 2.75) is 38.8 Å². The Labute approximate surface area is 131 Å². The van der Waals surface area contributed by atoms with Crippen LogP contribution in [0.3, 0.4) is 0 Å². The summed E-state index contributed by atoms with van der Waals surface area (Å²) in [7, 11) is 0. The first-order valence-electron chi connectivity index (χ1n) is 7.33. The lowest BCUT2D eigenvalue weighted by Gasteiger charge is -2.20. The summed E-state index contributed by atoms with van der Waals surface area (Å²) < 4.78 is 0. The smallest absolute Gasteiger partial charge is 0.325 e. The van der Waals surface area contributed by atoms with E-state index < -0.39 is 12.0 Å². The number of hydrogen-bond acceptors (Lipinski definition) is 3. The van der Waals surface area contributed by atoms with Gasteiger partial charge in [0.2, 0.25) is 0 Å². The Bertz CT molecular complexity index is 616. The summed E-state index contributed by atoms with van der Waals surface area (Å²) in [6.07, 6.45) is 3.43. The molecule has 0 bridgehead atoms. The predicted octanol–water partition coefficient (Wildman–Crippen LogP) is 3.29. The molecule has 1 heterocycles. The number of pyridine rings is 1. The molecule has 2 aromatic rings. The van der Waals surface area contributed by atoms with Crippen LogP contribution in [0.1, 0.15) is 43.5 Å². The third-order valence-electron chi connectivity index (χ3n) is 3.59. The number of benzene rings is 1. The zero-order valence-corrected chi connectivity index (χ0v) is 13.2. The van der Waals surface area contributed by atoms with Gasteiger partial charge in [0.05, 0.1) is 0 Å². The fraction of sp³-hybridized carbons (Fsp3) is 0.333. The topological polar surface area (TPSA) is 62.2 Å². The van der Waals surface area contributed by atoms with E-state index in [1.165, 1.54) is 5.56 Å². The zero-order chi connectivity index (χ0) is 16.2. The average Bonchev–Trinajstić information content (AvgIpc) is 2.48. The summed E-state index contributed by atoms with van der Waals surface area (Å²) >= 11 is 0. The summed E-state index contributed by atoms with van der Waals surface area (Å²) in [4.78, 5) is 15.6. The monoisotopic (exact) mass is 298 g/mol. The van der Waals surface area contributed by atoms with Crippen molar-refractivity contribution in [2.24, 2.45) is 0 Å². The number of carboxylic acid groups (broad SMARTS) is 1. The van der Waals surface area contributed by atoms with E-state index in [1.54, 1.807) is 12.4 Å². The van der Waals surface area contributed by atoms with Gasteiger partial charge in [-0.05, 0) is 28.2 Å². The molecule has 0 aliphatic rings. The Morgan fingerprint density at radius 1 is 1.23 bits per heavy atom. The number of rotatable bonds is 5. The molecule has 0 amide bonds. The van der Waals surface area contributed by atoms with Crippen LogP contribution in [0.4, 0.5) is 0 Å². The van der Waals surface area contributed by atoms with Gasteiger partial charge in [0.1, 0.15) is 6.04 Å². The SMILES string of the molecule is CC(C)(C)c1ccc(C(NCc2cccnc2)C(=O)O)cc1. The van der Waals surface area contributed by atoms with Crippen LogP contribution < -0.4 is 5.32 Å². The molecule has 1 aromatic carbocycles. The molecule has 1 atom stereocenters. The number of aliphatic carboxylic acids is 1. The van der Waals surface area contributed by atoms with Crippen molar-refractivity contribution in [2.75, 3.05) is 0 Å². The van der Waals surface area contributed by atoms with E-state index in [4.69, 9.17) is 0 Å². The molecule has 0 aliphatic heterocycles. The van der Waals surface area contributed by atoms with Gasteiger partial charge in [-0.1, -0.05) is 51.1 Å². The highest BCUT2D eigenvalue weighted by Crippen LogP contribution is 2.24. The Balaban J connectivity index is 2.13. The van der Waals surface area contributed by atoms with Crippen molar-refractivity contribution in [1.29, 1.82) is 0 Å². The molecular weight excluding hydrogens is 276 g/mol. The molecule has 2 rings (SSSR count). The van der Waals surface area contributed by atoms with Gasteiger partial charge >= 0.3 is 5.97 Å². The quantitative estimate of drug-likeness (QED) is 0.889. The molecule has 1 unspecified atom stereocenters. The van der Waals surface area contributed by atoms with Crippen LogP contribution in [0.25, 0.3) is 0 Å². The molecule has 116 valence electrons. The minimum Gasteiger partial charge on any atom is -0.480 e. The standard InChI is InChI=1S/C18H22N2O2/c1-18(2,3)15-8-6-14(7-9-15)16(17(21)22)20-12-13-5-4-10-19-11-13/h4-11,16,20H,12H2,1-3H3,(H,21,22). The Morgan fingerprint density at radius 3 is 2.41 bits per heavy atom. The van der Waals surface area contributed by atoms with E-state index in [-0.39, 0.29) is 5.41 Å². The molecule has 0 spiro atoms. The number of carboxylic acids is 1. The third kappa shape index (κ3) is 4.15. The summed E-state index contributed by atoms with van der Waals surface area (Å²) in [6.45, 7) is 6.87. The van der Waals surface area contributed by atoms with Gasteiger partial charge in [-0.2, -0.15) is 0 Å². The van der Waals surface area contributed by atoms with Crippen molar-refractivity contribution < 1.29 is 9.90 Å². The van der Waals surface area contributed by atoms with Gasteiger partial charge in [0.25, 0.3) is 0 Å². The maximum absolute atomic E-state index is 11.5. The highest BCUT2D eigenvalue weighted by Gasteiger charge is 2.20. The molecule has 0 radical (unpaired) electrons. The molecule has 0 saturated heterocycles. The predicted molar refractivity (Wildman–Crippen MR) is 86.6 cm³/mol. The largest absolute Gasteiger partial charge is 0.480 e. The Morgan fingerprint density at radius 2 is 1.91 bits per heavy atom. The van der Waals surface area contributed by atoms with Gasteiger partial charge in [-0.3, -0.25) is 15.1 Å². The molecule has 2 N–H and O–H groups in total. The molecule has 0 aliphatic carbocycles. The number of carbonyl (C=O) groups is 1. The van der Waals surface area contributed by atoms with E-state index in [9.17, 15) is 9.90 Å². The van der Waals surface area contributed by atoms with Crippen LogP contribution in [-0.4, -0.2) is 16.1 Å². The number of hydrogen-bond donors (Lipinski definition) is 2. The van der Waals surface area contributed by atoms with Gasteiger partial charge in [-0.25, -0.2) is 0 Å². The summed E-state index contributed by atoms with van der Waals surface area (Å²) in [5.41, 5.74) is 2.96. The Kier molecular flexibility index (Phi) is 4.93. The highest BCUT2D eigenvalue weighted by molar-refractivity contribution is 5.75. The maximum Gasteiger partial charge on any atom is 0.325 e. The lowest BCUT2D eigenvalue weighted by molar-refractivity contribution is -0.139. The van der Waals surface area contributed by atoms with Crippen molar-refractivity contribution in [3.63, 3.8) is 0 Å². The second-order valence-electron chi connectivity index (χ2n) is 6.39. The van der Waals surface area contributed by atoms with E-state index >= 15 is 0 Å². The van der Waals surface area contributed by atoms with Crippen molar-refractivity contribution in [3.8, 4) is 0 Å². The van der Waals surface area contributed by atoms with Gasteiger partial charge in [-0.15, -0.1) is 0 Å². The second kappa shape index (κ2) is 6.71. The molecular formula is C18H22N2O2. The number of nitrogens with one attached hydrogen (secondary N) is 1. The van der Waals surface area contributed by atoms with Gasteiger partial charge in [0.15, 0.2) is 0 Å². The first-order chi connectivity index (χ1) is 10.4. The van der Waals surface area contributed by atoms with Gasteiger partial charge in [0, 0.05) is 18.9 Å². The first kappa shape index (κ1) is 16.2. The highest BCUT2D eigenvalue weighted by atomic mass is 16.4. The van der Waals surface area contributed by atoms with Crippen LogP contribution in [-0.2, 0) is 16.8 Å². The molecule has 0 fully saturated rings. The Hall–Kier alpha value is -2.20. The van der Waals surface area contributed by atoms with Crippen molar-refractivity contribution in [1.82, 2.24) is 10.3 Å². The molecule has 4 heteroatoms. The molecule has 4 nitrogen and oxygen atoms in total. The number of nitrogens with zero attached hydrogens (tertiary/aromatic N) is 1. The minimum absolute atomic E-state index is 0.0559. The molecule has 1 aromatic heterocycles. The summed E-state index contributed by atoms with van der Waals surface area (Å²) in [6, 6.07) is 10.8. The van der Waals surface area contributed by atoms with E-state index in [0.29, 0.717) is 6.54 Å². The lowest BCUT2D eigenvalue weighted by atomic mass is 9.86. The molecule has 0 saturated carbocycles. The minimum atomic E-state index is -0.882. The van der Waals surface area contributed by atoms with E-state index in [2.05, 4.69) is 31.1 Å². The fourth-order valence-corrected chi connectivity index (χ4v) is 2.25. The lowest BCUT2D eigenvalue weighted by Crippen LogP contribution is -2.28.